The number of pyridine rings is 1. The lowest BCUT2D eigenvalue weighted by atomic mass is 9.78. The first kappa shape index (κ1) is 30.0. The van der Waals surface area contributed by atoms with Crippen LogP contribution in [0.4, 0.5) is 0 Å². The lowest BCUT2D eigenvalue weighted by molar-refractivity contribution is 0.662. The van der Waals surface area contributed by atoms with E-state index >= 15 is 0 Å². The fourth-order valence-corrected chi connectivity index (χ4v) is 9.05. The SMILES string of the molecule is CC1(C)c2ccccc2-c2nc3ccc4ccccc4c3c(-c3ccc(-c4ccc5c6ccc(-c7ncccn7)cc6c6ccccc6c5c4)cc3)c21. The zero-order chi connectivity index (χ0) is 35.3. The monoisotopic (exact) mass is 675 g/mol. The molecule has 0 N–H and O–H groups in total. The van der Waals surface area contributed by atoms with Gasteiger partial charge in [-0.1, -0.05) is 141 Å². The highest BCUT2D eigenvalue weighted by Gasteiger charge is 2.39. The minimum atomic E-state index is -0.199. The molecule has 2 heterocycles. The molecule has 53 heavy (non-hydrogen) atoms. The van der Waals surface area contributed by atoms with E-state index in [4.69, 9.17) is 4.98 Å². The summed E-state index contributed by atoms with van der Waals surface area (Å²) in [6.07, 6.45) is 3.60. The minimum absolute atomic E-state index is 0.199. The summed E-state index contributed by atoms with van der Waals surface area (Å²) in [6, 6.07) is 55.3. The molecule has 3 heteroatoms. The predicted octanol–water partition coefficient (Wildman–Crippen LogP) is 12.9. The Kier molecular flexibility index (Phi) is 6.30. The van der Waals surface area contributed by atoms with Crippen molar-refractivity contribution < 1.29 is 0 Å². The first-order valence-electron chi connectivity index (χ1n) is 18.3. The van der Waals surface area contributed by atoms with Crippen LogP contribution in [0.1, 0.15) is 25.0 Å². The van der Waals surface area contributed by atoms with Crippen LogP contribution < -0.4 is 0 Å². The molecule has 0 radical (unpaired) electrons. The molecule has 11 rings (SSSR count). The van der Waals surface area contributed by atoms with Crippen LogP contribution in [0.15, 0.2) is 164 Å². The number of hydrogen-bond donors (Lipinski definition) is 0. The standard InChI is InChI=1S/C50H33N3/c1-50(2)43-15-8-7-14-40(43)48-47(50)45(46-35-11-4-3-10-31(35)22-25-44(46)53-48)32-18-16-30(17-19-32)33-20-23-38-39-24-21-34(49-51-26-9-27-52-49)29-42(39)37-13-6-5-12-36(37)41(38)28-33/h3-29H,1-2H3. The molecule has 3 nitrogen and oxygen atoms in total. The molecule has 0 aliphatic heterocycles. The summed E-state index contributed by atoms with van der Waals surface area (Å²) in [7, 11) is 0. The van der Waals surface area contributed by atoms with Crippen molar-refractivity contribution in [3.63, 3.8) is 0 Å². The van der Waals surface area contributed by atoms with Crippen molar-refractivity contribution in [1.29, 1.82) is 0 Å². The van der Waals surface area contributed by atoms with Gasteiger partial charge >= 0.3 is 0 Å². The Labute approximate surface area is 307 Å². The molecular weight excluding hydrogens is 643 g/mol. The Morgan fingerprint density at radius 3 is 1.79 bits per heavy atom. The van der Waals surface area contributed by atoms with Gasteiger partial charge in [-0.3, -0.25) is 0 Å². The second-order valence-electron chi connectivity index (χ2n) is 14.8. The fourth-order valence-electron chi connectivity index (χ4n) is 9.05. The average Bonchev–Trinajstić information content (AvgIpc) is 3.45. The maximum Gasteiger partial charge on any atom is 0.159 e. The quantitative estimate of drug-likeness (QED) is 0.175. The summed E-state index contributed by atoms with van der Waals surface area (Å²) in [5, 5.41) is 11.1. The third-order valence-corrected chi connectivity index (χ3v) is 11.5. The van der Waals surface area contributed by atoms with Crippen LogP contribution in [-0.4, -0.2) is 15.0 Å². The van der Waals surface area contributed by atoms with Gasteiger partial charge in [-0.05, 0) is 101 Å². The van der Waals surface area contributed by atoms with Crippen molar-refractivity contribution >= 4 is 54.0 Å². The predicted molar refractivity (Wildman–Crippen MR) is 221 cm³/mol. The second kappa shape index (κ2) is 11.1. The highest BCUT2D eigenvalue weighted by atomic mass is 14.8. The smallest absolute Gasteiger partial charge is 0.159 e. The fraction of sp³-hybridized carbons (Fsp3) is 0.0600. The van der Waals surface area contributed by atoms with Crippen molar-refractivity contribution in [2.45, 2.75) is 19.3 Å². The van der Waals surface area contributed by atoms with Gasteiger partial charge in [-0.15, -0.1) is 0 Å². The third kappa shape index (κ3) is 4.37. The van der Waals surface area contributed by atoms with Crippen molar-refractivity contribution in [3.8, 4) is 44.9 Å². The van der Waals surface area contributed by atoms with E-state index < -0.39 is 0 Å². The van der Waals surface area contributed by atoms with Gasteiger partial charge in [-0.25, -0.2) is 15.0 Å². The van der Waals surface area contributed by atoms with Crippen LogP contribution in [0.3, 0.4) is 0 Å². The van der Waals surface area contributed by atoms with Crippen LogP contribution in [-0.2, 0) is 5.41 Å². The van der Waals surface area contributed by atoms with Gasteiger partial charge in [-0.2, -0.15) is 0 Å². The molecule has 248 valence electrons. The lowest BCUT2D eigenvalue weighted by Crippen LogP contribution is -2.16. The van der Waals surface area contributed by atoms with Gasteiger partial charge in [0.05, 0.1) is 11.2 Å². The Hall–Kier alpha value is -6.71. The molecule has 8 aromatic carbocycles. The van der Waals surface area contributed by atoms with Gasteiger partial charge in [0.25, 0.3) is 0 Å². The van der Waals surface area contributed by atoms with Crippen molar-refractivity contribution in [3.05, 3.63) is 175 Å². The Balaban J connectivity index is 1.09. The van der Waals surface area contributed by atoms with E-state index in [-0.39, 0.29) is 5.41 Å². The Bertz CT molecular complexity index is 3100. The number of fused-ring (bicyclic) bond motifs is 12. The van der Waals surface area contributed by atoms with E-state index in [2.05, 4.69) is 169 Å². The summed E-state index contributed by atoms with van der Waals surface area (Å²) in [4.78, 5) is 14.4. The van der Waals surface area contributed by atoms with Crippen LogP contribution in [0.25, 0.3) is 98.9 Å². The molecule has 0 saturated heterocycles. The van der Waals surface area contributed by atoms with Gasteiger partial charge in [0.1, 0.15) is 0 Å². The molecule has 0 unspecified atom stereocenters. The number of nitrogens with zero attached hydrogens (tertiary/aromatic N) is 3. The molecular formula is C50H33N3. The summed E-state index contributed by atoms with van der Waals surface area (Å²) < 4.78 is 0. The number of hydrogen-bond acceptors (Lipinski definition) is 3. The molecule has 0 saturated carbocycles. The zero-order valence-corrected chi connectivity index (χ0v) is 29.4. The summed E-state index contributed by atoms with van der Waals surface area (Å²) >= 11 is 0. The van der Waals surface area contributed by atoms with Crippen molar-refractivity contribution in [2.24, 2.45) is 0 Å². The molecule has 0 amide bonds. The lowest BCUT2D eigenvalue weighted by Gasteiger charge is -2.25. The van der Waals surface area contributed by atoms with Gasteiger partial charge < -0.3 is 0 Å². The molecule has 0 bridgehead atoms. The second-order valence-corrected chi connectivity index (χ2v) is 14.8. The largest absolute Gasteiger partial charge is 0.247 e. The highest BCUT2D eigenvalue weighted by Crippen LogP contribution is 2.54. The van der Waals surface area contributed by atoms with Crippen molar-refractivity contribution in [1.82, 2.24) is 15.0 Å². The molecule has 10 aromatic rings. The highest BCUT2D eigenvalue weighted by molar-refractivity contribution is 6.26. The molecule has 0 atom stereocenters. The summed E-state index contributed by atoms with van der Waals surface area (Å²) in [5.41, 5.74) is 11.7. The Morgan fingerprint density at radius 1 is 0.453 bits per heavy atom. The van der Waals surface area contributed by atoms with E-state index in [1.807, 2.05) is 6.07 Å². The third-order valence-electron chi connectivity index (χ3n) is 11.5. The van der Waals surface area contributed by atoms with Crippen LogP contribution >= 0.6 is 0 Å². The number of aromatic nitrogens is 3. The van der Waals surface area contributed by atoms with Crippen LogP contribution in [0.5, 0.6) is 0 Å². The average molecular weight is 676 g/mol. The van der Waals surface area contributed by atoms with Gasteiger partial charge in [0, 0.05) is 34.3 Å². The first-order valence-corrected chi connectivity index (χ1v) is 18.3. The summed E-state index contributed by atoms with van der Waals surface area (Å²) in [6.45, 7) is 4.71. The number of rotatable bonds is 3. The normalized spacial score (nSPS) is 13.2. The minimum Gasteiger partial charge on any atom is -0.247 e. The Morgan fingerprint density at radius 2 is 1.04 bits per heavy atom. The topological polar surface area (TPSA) is 38.7 Å². The van der Waals surface area contributed by atoms with Crippen LogP contribution in [0, 0.1) is 0 Å². The maximum atomic E-state index is 5.38. The van der Waals surface area contributed by atoms with Crippen molar-refractivity contribution in [2.75, 3.05) is 0 Å². The van der Waals surface area contributed by atoms with Gasteiger partial charge in [0.2, 0.25) is 0 Å². The van der Waals surface area contributed by atoms with E-state index in [0.29, 0.717) is 0 Å². The van der Waals surface area contributed by atoms with E-state index in [1.165, 1.54) is 87.4 Å². The van der Waals surface area contributed by atoms with Crippen LogP contribution in [0.2, 0.25) is 0 Å². The van der Waals surface area contributed by atoms with E-state index in [1.54, 1.807) is 12.4 Å². The molecule has 1 aliphatic rings. The van der Waals surface area contributed by atoms with E-state index in [0.717, 1.165) is 22.6 Å². The van der Waals surface area contributed by atoms with Gasteiger partial charge in [0.15, 0.2) is 5.82 Å². The first-order chi connectivity index (χ1) is 26.0. The molecule has 2 aromatic heterocycles. The molecule has 1 aliphatic carbocycles. The summed E-state index contributed by atoms with van der Waals surface area (Å²) in [5.74, 6) is 0.739. The molecule has 0 spiro atoms. The molecule has 0 fully saturated rings. The zero-order valence-electron chi connectivity index (χ0n) is 29.4. The number of benzene rings is 8. The maximum absolute atomic E-state index is 5.38. The van der Waals surface area contributed by atoms with E-state index in [9.17, 15) is 0 Å².